The number of aromatic nitrogens is 1. The fourth-order valence-corrected chi connectivity index (χ4v) is 4.28. The van der Waals surface area contributed by atoms with Crippen LogP contribution in [-0.2, 0) is 19.3 Å². The minimum atomic E-state index is -4.39. The van der Waals surface area contributed by atoms with E-state index in [1.54, 1.807) is 6.92 Å². The van der Waals surface area contributed by atoms with Gasteiger partial charge in [-0.05, 0) is 52.3 Å². The Balaban J connectivity index is 2.00. The summed E-state index contributed by atoms with van der Waals surface area (Å²) in [6, 6.07) is 2.18. The zero-order valence-corrected chi connectivity index (χ0v) is 18.1. The Morgan fingerprint density at radius 2 is 1.72 bits per heavy atom. The molecular weight excluding hydrogens is 425 g/mol. The molecule has 156 valence electrons. The maximum atomic E-state index is 14.0. The van der Waals surface area contributed by atoms with Crippen LogP contribution in [0.15, 0.2) is 29.3 Å². The quantitative estimate of drug-likeness (QED) is 0.577. The molecule has 2 heterocycles. The molecule has 1 saturated heterocycles. The molecule has 6 nitrogen and oxygen atoms in total. The van der Waals surface area contributed by atoms with Gasteiger partial charge in [-0.15, -0.1) is 0 Å². The molecule has 0 spiro atoms. The molecule has 29 heavy (non-hydrogen) atoms. The molecule has 0 bridgehead atoms. The second kappa shape index (κ2) is 7.19. The monoisotopic (exact) mass is 444 g/mol. The number of nitrogens with one attached hydrogen (secondary N) is 1. The number of halogens is 3. The van der Waals surface area contributed by atoms with Crippen LogP contribution in [0.2, 0.25) is 5.15 Å². The molecule has 1 fully saturated rings. The lowest BCUT2D eigenvalue weighted by atomic mass is 9.77. The van der Waals surface area contributed by atoms with Gasteiger partial charge in [0.1, 0.15) is 16.5 Å². The number of anilines is 1. The van der Waals surface area contributed by atoms with E-state index >= 15 is 0 Å². The molecule has 3 rings (SSSR count). The first-order valence-electron chi connectivity index (χ1n) is 8.74. The summed E-state index contributed by atoms with van der Waals surface area (Å²) in [7, 11) is -5.19. The van der Waals surface area contributed by atoms with Gasteiger partial charge >= 0.3 is 7.12 Å². The summed E-state index contributed by atoms with van der Waals surface area (Å²) in [6.07, 6.45) is 1.44. The van der Waals surface area contributed by atoms with Crippen LogP contribution in [-0.4, -0.2) is 31.7 Å². The third-order valence-corrected chi connectivity index (χ3v) is 6.93. The first kappa shape index (κ1) is 22.0. The fourth-order valence-electron chi connectivity index (χ4n) is 2.80. The van der Waals surface area contributed by atoms with Crippen molar-refractivity contribution in [2.45, 2.75) is 50.7 Å². The SMILES string of the molecule is Cc1c(B2OC(C)(C)C(C)(C)O2)cnc(Cl)c1NS(=O)(=O)c1ccc(F)cc1F. The molecule has 1 aromatic carbocycles. The van der Waals surface area contributed by atoms with E-state index < -0.39 is 44.9 Å². The second-order valence-electron chi connectivity index (χ2n) is 7.77. The van der Waals surface area contributed by atoms with E-state index in [-0.39, 0.29) is 10.8 Å². The average molecular weight is 445 g/mol. The summed E-state index contributed by atoms with van der Waals surface area (Å²) in [5.74, 6) is -2.11. The van der Waals surface area contributed by atoms with Crippen molar-refractivity contribution in [3.63, 3.8) is 0 Å². The first-order valence-corrected chi connectivity index (χ1v) is 10.6. The lowest BCUT2D eigenvalue weighted by molar-refractivity contribution is 0.00578. The molecule has 0 aliphatic carbocycles. The smallest absolute Gasteiger partial charge is 0.399 e. The van der Waals surface area contributed by atoms with Gasteiger partial charge in [-0.2, -0.15) is 0 Å². The van der Waals surface area contributed by atoms with E-state index in [0.717, 1.165) is 12.1 Å². The molecule has 11 heteroatoms. The van der Waals surface area contributed by atoms with Crippen molar-refractivity contribution in [2.75, 3.05) is 4.72 Å². The Labute approximate surface area is 173 Å². The van der Waals surface area contributed by atoms with Crippen LogP contribution in [0.3, 0.4) is 0 Å². The Morgan fingerprint density at radius 3 is 2.28 bits per heavy atom. The molecular formula is C18H20BClF2N2O4S. The summed E-state index contributed by atoms with van der Waals surface area (Å²) < 4.78 is 66.7. The number of nitrogens with zero attached hydrogens (tertiary/aromatic N) is 1. The van der Waals surface area contributed by atoms with Crippen LogP contribution in [0.1, 0.15) is 33.3 Å². The normalized spacial score (nSPS) is 18.1. The fraction of sp³-hybridized carbons (Fsp3) is 0.389. The van der Waals surface area contributed by atoms with Crippen LogP contribution >= 0.6 is 11.6 Å². The highest BCUT2D eigenvalue weighted by Crippen LogP contribution is 2.37. The van der Waals surface area contributed by atoms with Crippen molar-refractivity contribution in [1.29, 1.82) is 0 Å². The Morgan fingerprint density at radius 1 is 1.14 bits per heavy atom. The van der Waals surface area contributed by atoms with Gasteiger partial charge in [0, 0.05) is 17.7 Å². The number of benzene rings is 1. The number of sulfonamides is 1. The zero-order chi connectivity index (χ0) is 21.8. The highest BCUT2D eigenvalue weighted by molar-refractivity contribution is 7.92. The molecule has 1 N–H and O–H groups in total. The minimum Gasteiger partial charge on any atom is -0.399 e. The second-order valence-corrected chi connectivity index (χ2v) is 9.78. The molecule has 0 atom stereocenters. The van der Waals surface area contributed by atoms with Crippen LogP contribution in [0, 0.1) is 18.6 Å². The van der Waals surface area contributed by atoms with Crippen LogP contribution < -0.4 is 10.2 Å². The van der Waals surface area contributed by atoms with Gasteiger partial charge in [0.15, 0.2) is 5.15 Å². The third kappa shape index (κ3) is 3.99. The molecule has 2 aromatic rings. The number of pyridine rings is 1. The molecule has 1 aromatic heterocycles. The van der Waals surface area contributed by atoms with Crippen molar-refractivity contribution >= 4 is 39.9 Å². The van der Waals surface area contributed by atoms with E-state index in [1.807, 2.05) is 27.7 Å². The number of hydrogen-bond donors (Lipinski definition) is 1. The Bertz CT molecular complexity index is 1060. The molecule has 1 aliphatic heterocycles. The topological polar surface area (TPSA) is 77.5 Å². The van der Waals surface area contributed by atoms with Crippen molar-refractivity contribution in [2.24, 2.45) is 0 Å². The van der Waals surface area contributed by atoms with E-state index in [1.165, 1.54) is 6.20 Å². The first-order chi connectivity index (χ1) is 13.2. The van der Waals surface area contributed by atoms with Gasteiger partial charge in [-0.3, -0.25) is 4.72 Å². The molecule has 0 amide bonds. The van der Waals surface area contributed by atoms with Gasteiger partial charge in [0.25, 0.3) is 10.0 Å². The van der Waals surface area contributed by atoms with E-state index in [9.17, 15) is 17.2 Å². The highest BCUT2D eigenvalue weighted by Gasteiger charge is 2.52. The molecule has 1 aliphatic rings. The predicted molar refractivity (Wildman–Crippen MR) is 107 cm³/mol. The lowest BCUT2D eigenvalue weighted by Crippen LogP contribution is -2.41. The van der Waals surface area contributed by atoms with Gasteiger partial charge in [0.2, 0.25) is 0 Å². The Hall–Kier alpha value is -1.75. The largest absolute Gasteiger partial charge is 0.496 e. The van der Waals surface area contributed by atoms with Gasteiger partial charge < -0.3 is 9.31 Å². The molecule has 0 saturated carbocycles. The number of rotatable bonds is 4. The van der Waals surface area contributed by atoms with Gasteiger partial charge in [-0.25, -0.2) is 22.2 Å². The molecule has 0 radical (unpaired) electrons. The predicted octanol–water partition coefficient (Wildman–Crippen LogP) is 3.42. The van der Waals surface area contributed by atoms with Crippen molar-refractivity contribution in [1.82, 2.24) is 4.98 Å². The molecule has 0 unspecified atom stereocenters. The summed E-state index contributed by atoms with van der Waals surface area (Å²) in [4.78, 5) is 3.31. The maximum absolute atomic E-state index is 14.0. The Kier molecular flexibility index (Phi) is 5.44. The standard InChI is InChI=1S/C18H20BClF2N2O4S/c1-10-12(19-27-17(2,3)18(4,5)28-19)9-23-16(20)15(10)24-29(25,26)14-7-6-11(21)8-13(14)22/h6-9,24H,1-5H3. The summed E-state index contributed by atoms with van der Waals surface area (Å²) >= 11 is 6.11. The van der Waals surface area contributed by atoms with Crippen LogP contribution in [0.4, 0.5) is 14.5 Å². The lowest BCUT2D eigenvalue weighted by Gasteiger charge is -2.32. The van der Waals surface area contributed by atoms with Crippen molar-refractivity contribution < 1.29 is 26.5 Å². The average Bonchev–Trinajstić information content (AvgIpc) is 2.78. The van der Waals surface area contributed by atoms with Crippen LogP contribution in [0.5, 0.6) is 0 Å². The van der Waals surface area contributed by atoms with Gasteiger partial charge in [-0.1, -0.05) is 11.6 Å². The van der Waals surface area contributed by atoms with E-state index in [2.05, 4.69) is 9.71 Å². The van der Waals surface area contributed by atoms with Gasteiger partial charge in [0.05, 0.1) is 16.9 Å². The van der Waals surface area contributed by atoms with E-state index in [0.29, 0.717) is 17.1 Å². The number of hydrogen-bond acceptors (Lipinski definition) is 5. The zero-order valence-electron chi connectivity index (χ0n) is 16.5. The highest BCUT2D eigenvalue weighted by atomic mass is 35.5. The summed E-state index contributed by atoms with van der Waals surface area (Å²) in [6.45, 7) is 9.14. The summed E-state index contributed by atoms with van der Waals surface area (Å²) in [5.41, 5.74) is -0.371. The van der Waals surface area contributed by atoms with E-state index in [4.69, 9.17) is 20.9 Å². The van der Waals surface area contributed by atoms with Crippen molar-refractivity contribution in [3.05, 3.63) is 46.7 Å². The summed E-state index contributed by atoms with van der Waals surface area (Å²) in [5, 5.41) is -0.131. The van der Waals surface area contributed by atoms with Crippen LogP contribution in [0.25, 0.3) is 0 Å². The van der Waals surface area contributed by atoms with Crippen molar-refractivity contribution in [3.8, 4) is 0 Å². The third-order valence-electron chi connectivity index (χ3n) is 5.26. The maximum Gasteiger partial charge on any atom is 0.496 e. The minimum absolute atomic E-state index is 0.0393.